The van der Waals surface area contributed by atoms with Crippen LogP contribution in [0.2, 0.25) is 0 Å². The first-order chi connectivity index (χ1) is 12.0. The second-order valence-corrected chi connectivity index (χ2v) is 7.21. The van der Waals surface area contributed by atoms with Gasteiger partial charge < -0.3 is 14.7 Å². The fraction of sp³-hybridized carbons (Fsp3) is 0.389. The smallest absolute Gasteiger partial charge is 0.308 e. The van der Waals surface area contributed by atoms with E-state index in [4.69, 9.17) is 4.74 Å². The SMILES string of the molecule is COCc1nc(C)c(C(=O)N2C[C@H](C(=O)O)[C@H](c3ccccc3)C2)s1. The van der Waals surface area contributed by atoms with E-state index in [0.29, 0.717) is 23.7 Å². The van der Waals surface area contributed by atoms with Crippen LogP contribution in [-0.4, -0.2) is 47.1 Å². The zero-order valence-electron chi connectivity index (χ0n) is 14.1. The lowest BCUT2D eigenvalue weighted by Crippen LogP contribution is -2.29. The van der Waals surface area contributed by atoms with Crippen molar-refractivity contribution >= 4 is 23.2 Å². The van der Waals surface area contributed by atoms with Gasteiger partial charge in [-0.1, -0.05) is 30.3 Å². The number of rotatable bonds is 5. The van der Waals surface area contributed by atoms with Crippen LogP contribution >= 0.6 is 11.3 Å². The molecule has 6 nitrogen and oxygen atoms in total. The summed E-state index contributed by atoms with van der Waals surface area (Å²) < 4.78 is 5.07. The van der Waals surface area contributed by atoms with Crippen LogP contribution in [0, 0.1) is 12.8 Å². The molecule has 0 bridgehead atoms. The number of carboxylic acids is 1. The van der Waals surface area contributed by atoms with E-state index in [1.807, 2.05) is 30.3 Å². The number of aliphatic carboxylic acids is 1. The molecule has 1 N–H and O–H groups in total. The molecule has 1 fully saturated rings. The van der Waals surface area contributed by atoms with Gasteiger partial charge in [-0.05, 0) is 12.5 Å². The second-order valence-electron chi connectivity index (χ2n) is 6.13. The normalized spacial score (nSPS) is 20.0. The maximum Gasteiger partial charge on any atom is 0.308 e. The molecule has 1 saturated heterocycles. The Balaban J connectivity index is 1.84. The number of carboxylic acid groups (broad SMARTS) is 1. The number of hydrogen-bond acceptors (Lipinski definition) is 5. The molecule has 7 heteroatoms. The van der Waals surface area contributed by atoms with E-state index in [1.165, 1.54) is 11.3 Å². The standard InChI is InChI=1S/C18H20N2O4S/c1-11-16(25-15(19-11)10-24-2)17(21)20-8-13(14(9-20)18(22)23)12-6-4-3-5-7-12/h3-7,13-14H,8-10H2,1-2H3,(H,22,23)/t13-,14-/m0/s1. The Morgan fingerprint density at radius 1 is 1.32 bits per heavy atom. The van der Waals surface area contributed by atoms with Gasteiger partial charge in [0.1, 0.15) is 9.88 Å². The quantitative estimate of drug-likeness (QED) is 0.886. The predicted molar refractivity (Wildman–Crippen MR) is 93.8 cm³/mol. The van der Waals surface area contributed by atoms with E-state index in [2.05, 4.69) is 4.98 Å². The lowest BCUT2D eigenvalue weighted by atomic mass is 9.89. The van der Waals surface area contributed by atoms with Gasteiger partial charge in [0.15, 0.2) is 0 Å². The number of hydrogen-bond donors (Lipinski definition) is 1. The highest BCUT2D eigenvalue weighted by Crippen LogP contribution is 2.34. The predicted octanol–water partition coefficient (Wildman–Crippen LogP) is 2.54. The number of carbonyl (C=O) groups excluding carboxylic acids is 1. The van der Waals surface area contributed by atoms with E-state index < -0.39 is 11.9 Å². The summed E-state index contributed by atoms with van der Waals surface area (Å²) in [5.41, 5.74) is 1.61. The Kier molecular flexibility index (Phi) is 5.15. The molecule has 2 heterocycles. The third-order valence-corrected chi connectivity index (χ3v) is 5.57. The molecule has 1 aromatic carbocycles. The van der Waals surface area contributed by atoms with E-state index >= 15 is 0 Å². The highest BCUT2D eigenvalue weighted by atomic mass is 32.1. The lowest BCUT2D eigenvalue weighted by molar-refractivity contribution is -0.141. The molecule has 3 rings (SSSR count). The number of nitrogens with zero attached hydrogens (tertiary/aromatic N) is 2. The van der Waals surface area contributed by atoms with E-state index in [-0.39, 0.29) is 18.4 Å². The van der Waals surface area contributed by atoms with Crippen molar-refractivity contribution in [3.63, 3.8) is 0 Å². The Morgan fingerprint density at radius 3 is 2.68 bits per heavy atom. The number of methoxy groups -OCH3 is 1. The number of amides is 1. The minimum Gasteiger partial charge on any atom is -0.481 e. The minimum atomic E-state index is -0.870. The first kappa shape index (κ1) is 17.6. The van der Waals surface area contributed by atoms with Gasteiger partial charge in [0.25, 0.3) is 5.91 Å². The topological polar surface area (TPSA) is 79.7 Å². The number of ether oxygens (including phenoxy) is 1. The van der Waals surface area contributed by atoms with E-state index in [0.717, 1.165) is 10.6 Å². The summed E-state index contributed by atoms with van der Waals surface area (Å²) in [6.07, 6.45) is 0. The van der Waals surface area contributed by atoms with Gasteiger partial charge in [-0.25, -0.2) is 4.98 Å². The number of aromatic nitrogens is 1. The van der Waals surface area contributed by atoms with Crippen LogP contribution < -0.4 is 0 Å². The van der Waals surface area contributed by atoms with E-state index in [9.17, 15) is 14.7 Å². The summed E-state index contributed by atoms with van der Waals surface area (Å²) >= 11 is 1.31. The summed E-state index contributed by atoms with van der Waals surface area (Å²) in [5.74, 6) is -1.82. The zero-order chi connectivity index (χ0) is 18.0. The Labute approximate surface area is 150 Å². The molecule has 1 amide bonds. The number of thiazole rings is 1. The Hall–Kier alpha value is -2.25. The van der Waals surface area contributed by atoms with Crippen LogP contribution in [0.25, 0.3) is 0 Å². The molecule has 1 aliphatic heterocycles. The fourth-order valence-corrected chi connectivity index (χ4v) is 4.24. The number of benzene rings is 1. The molecule has 1 aliphatic rings. The van der Waals surface area contributed by atoms with Crippen molar-refractivity contribution in [2.75, 3.05) is 20.2 Å². The minimum absolute atomic E-state index is 0.151. The molecule has 0 spiro atoms. The van der Waals surface area contributed by atoms with Crippen molar-refractivity contribution in [1.82, 2.24) is 9.88 Å². The largest absolute Gasteiger partial charge is 0.481 e. The maximum absolute atomic E-state index is 12.9. The molecule has 0 aliphatic carbocycles. The third kappa shape index (κ3) is 3.57. The van der Waals surface area contributed by atoms with Gasteiger partial charge in [-0.2, -0.15) is 0 Å². The fourth-order valence-electron chi connectivity index (χ4n) is 3.24. The van der Waals surface area contributed by atoms with E-state index in [1.54, 1.807) is 18.9 Å². The molecular formula is C18H20N2O4S. The van der Waals surface area contributed by atoms with Gasteiger partial charge in [0.2, 0.25) is 0 Å². The molecule has 0 saturated carbocycles. The molecular weight excluding hydrogens is 340 g/mol. The average Bonchev–Trinajstić information content (AvgIpc) is 3.19. The van der Waals surface area contributed by atoms with Crippen molar-refractivity contribution < 1.29 is 19.4 Å². The summed E-state index contributed by atoms with van der Waals surface area (Å²) in [5, 5.41) is 10.3. The number of aryl methyl sites for hydroxylation is 1. The van der Waals surface area contributed by atoms with Crippen LogP contribution in [0.4, 0.5) is 0 Å². The summed E-state index contributed by atoms with van der Waals surface area (Å²) in [6.45, 7) is 2.77. The summed E-state index contributed by atoms with van der Waals surface area (Å²) in [4.78, 5) is 31.1. The molecule has 0 unspecified atom stereocenters. The van der Waals surface area contributed by atoms with Crippen molar-refractivity contribution in [3.05, 3.63) is 51.5 Å². The lowest BCUT2D eigenvalue weighted by Gasteiger charge is -2.16. The van der Waals surface area contributed by atoms with Crippen molar-refractivity contribution in [1.29, 1.82) is 0 Å². The first-order valence-corrected chi connectivity index (χ1v) is 8.85. The van der Waals surface area contributed by atoms with Gasteiger partial charge in [0, 0.05) is 26.1 Å². The maximum atomic E-state index is 12.9. The number of carbonyl (C=O) groups is 2. The second kappa shape index (κ2) is 7.33. The Morgan fingerprint density at radius 2 is 2.04 bits per heavy atom. The monoisotopic (exact) mass is 360 g/mol. The van der Waals surface area contributed by atoms with Crippen LogP contribution in [-0.2, 0) is 16.1 Å². The summed E-state index contributed by atoms with van der Waals surface area (Å²) in [7, 11) is 1.58. The van der Waals surface area contributed by atoms with Crippen molar-refractivity contribution in [2.45, 2.75) is 19.4 Å². The molecule has 2 aromatic rings. The molecule has 25 heavy (non-hydrogen) atoms. The van der Waals surface area contributed by atoms with Gasteiger partial charge >= 0.3 is 5.97 Å². The average molecular weight is 360 g/mol. The van der Waals surface area contributed by atoms with Gasteiger partial charge in [-0.15, -0.1) is 11.3 Å². The third-order valence-electron chi connectivity index (χ3n) is 4.45. The van der Waals surface area contributed by atoms with Crippen LogP contribution in [0.3, 0.4) is 0 Å². The van der Waals surface area contributed by atoms with Crippen LogP contribution in [0.15, 0.2) is 30.3 Å². The number of likely N-dealkylation sites (tertiary alicyclic amines) is 1. The molecule has 1 aromatic heterocycles. The Bertz CT molecular complexity index is 775. The molecule has 2 atom stereocenters. The zero-order valence-corrected chi connectivity index (χ0v) is 15.0. The molecule has 132 valence electrons. The highest BCUT2D eigenvalue weighted by molar-refractivity contribution is 7.13. The van der Waals surface area contributed by atoms with Crippen molar-refractivity contribution in [3.8, 4) is 0 Å². The van der Waals surface area contributed by atoms with Crippen LogP contribution in [0.5, 0.6) is 0 Å². The van der Waals surface area contributed by atoms with Gasteiger partial charge in [-0.3, -0.25) is 9.59 Å². The van der Waals surface area contributed by atoms with Crippen molar-refractivity contribution in [2.24, 2.45) is 5.92 Å². The molecule has 0 radical (unpaired) electrons. The summed E-state index contributed by atoms with van der Waals surface area (Å²) in [6, 6.07) is 9.52. The first-order valence-electron chi connectivity index (χ1n) is 8.03. The van der Waals surface area contributed by atoms with Gasteiger partial charge in [0.05, 0.1) is 18.2 Å². The van der Waals surface area contributed by atoms with Crippen LogP contribution in [0.1, 0.15) is 31.9 Å². The highest BCUT2D eigenvalue weighted by Gasteiger charge is 2.41.